The number of carbonyl (C=O) groups excluding carboxylic acids is 2. The molecule has 2 aromatic rings. The van der Waals surface area contributed by atoms with Gasteiger partial charge in [-0.1, -0.05) is 18.2 Å². The van der Waals surface area contributed by atoms with E-state index in [1.165, 1.54) is 11.3 Å². The third kappa shape index (κ3) is 5.27. The van der Waals surface area contributed by atoms with Gasteiger partial charge in [-0.3, -0.25) is 4.79 Å². The fourth-order valence-corrected chi connectivity index (χ4v) is 3.03. The zero-order chi connectivity index (χ0) is 17.5. The van der Waals surface area contributed by atoms with Crippen LogP contribution in [0, 0.1) is 0 Å². The van der Waals surface area contributed by atoms with Gasteiger partial charge in [-0.2, -0.15) is 0 Å². The molecule has 1 aromatic carbocycles. The quantitative estimate of drug-likeness (QED) is 0.718. The number of thiophene rings is 1. The molecule has 1 atom stereocenters. The van der Waals surface area contributed by atoms with Gasteiger partial charge >= 0.3 is 6.03 Å². The van der Waals surface area contributed by atoms with E-state index in [0.29, 0.717) is 6.54 Å². The number of rotatable bonds is 7. The third-order valence-electron chi connectivity index (χ3n) is 3.54. The van der Waals surface area contributed by atoms with Gasteiger partial charge in [-0.05, 0) is 29.1 Å². The molecule has 1 aromatic heterocycles. The predicted molar refractivity (Wildman–Crippen MR) is 97.0 cm³/mol. The Morgan fingerprint density at radius 2 is 1.92 bits per heavy atom. The molecule has 6 nitrogen and oxygen atoms in total. The number of hydrogen-bond acceptors (Lipinski definition) is 4. The monoisotopic (exact) mass is 346 g/mol. The molecule has 7 heteroatoms. The van der Waals surface area contributed by atoms with Crippen molar-refractivity contribution in [3.63, 3.8) is 0 Å². The van der Waals surface area contributed by atoms with Crippen LogP contribution in [0.2, 0.25) is 0 Å². The highest BCUT2D eigenvalue weighted by atomic mass is 32.1. The van der Waals surface area contributed by atoms with E-state index in [4.69, 9.17) is 5.73 Å². The summed E-state index contributed by atoms with van der Waals surface area (Å²) in [5.74, 6) is -0.140. The van der Waals surface area contributed by atoms with Gasteiger partial charge in [0.25, 0.3) is 0 Å². The van der Waals surface area contributed by atoms with Crippen molar-refractivity contribution in [3.8, 4) is 0 Å². The van der Waals surface area contributed by atoms with Gasteiger partial charge in [0, 0.05) is 31.2 Å². The van der Waals surface area contributed by atoms with Gasteiger partial charge in [0.2, 0.25) is 5.91 Å². The second-order valence-electron chi connectivity index (χ2n) is 5.62. The van der Waals surface area contributed by atoms with E-state index in [9.17, 15) is 9.59 Å². The SMILES string of the molecule is CN(C)c1ccc(CNC(=O)C[C@@H](NC(N)=O)c2cccs2)cc1. The Balaban J connectivity index is 1.90. The van der Waals surface area contributed by atoms with E-state index in [-0.39, 0.29) is 12.3 Å². The summed E-state index contributed by atoms with van der Waals surface area (Å²) >= 11 is 1.48. The molecular weight excluding hydrogens is 324 g/mol. The minimum absolute atomic E-state index is 0.140. The molecule has 0 aliphatic rings. The molecule has 0 saturated heterocycles. The van der Waals surface area contributed by atoms with Gasteiger partial charge < -0.3 is 21.3 Å². The van der Waals surface area contributed by atoms with Crippen molar-refractivity contribution in [3.05, 3.63) is 52.2 Å². The van der Waals surface area contributed by atoms with Crippen molar-refractivity contribution < 1.29 is 9.59 Å². The fourth-order valence-electron chi connectivity index (χ4n) is 2.25. The average Bonchev–Trinajstić information content (AvgIpc) is 3.06. The van der Waals surface area contributed by atoms with E-state index in [1.54, 1.807) is 0 Å². The maximum absolute atomic E-state index is 12.2. The molecule has 4 N–H and O–H groups in total. The molecule has 1 heterocycles. The van der Waals surface area contributed by atoms with Crippen LogP contribution in [0.5, 0.6) is 0 Å². The van der Waals surface area contributed by atoms with Crippen molar-refractivity contribution >= 4 is 29.0 Å². The van der Waals surface area contributed by atoms with Crippen LogP contribution in [0.1, 0.15) is 22.9 Å². The molecule has 3 amide bonds. The van der Waals surface area contributed by atoms with Gasteiger partial charge in [0.1, 0.15) is 0 Å². The molecule has 0 radical (unpaired) electrons. The summed E-state index contributed by atoms with van der Waals surface area (Å²) in [7, 11) is 3.96. The second-order valence-corrected chi connectivity index (χ2v) is 6.60. The van der Waals surface area contributed by atoms with Crippen LogP contribution in [0.3, 0.4) is 0 Å². The summed E-state index contributed by atoms with van der Waals surface area (Å²) < 4.78 is 0. The number of hydrogen-bond donors (Lipinski definition) is 3. The molecule has 0 spiro atoms. The van der Waals surface area contributed by atoms with Crippen molar-refractivity contribution in [1.29, 1.82) is 0 Å². The van der Waals surface area contributed by atoms with Gasteiger partial charge in [-0.15, -0.1) is 11.3 Å². The smallest absolute Gasteiger partial charge is 0.312 e. The first kappa shape index (κ1) is 17.8. The maximum atomic E-state index is 12.2. The minimum Gasteiger partial charge on any atom is -0.378 e. The van der Waals surface area contributed by atoms with E-state index in [2.05, 4.69) is 10.6 Å². The van der Waals surface area contributed by atoms with Crippen LogP contribution in [-0.2, 0) is 11.3 Å². The lowest BCUT2D eigenvalue weighted by Crippen LogP contribution is -2.36. The maximum Gasteiger partial charge on any atom is 0.312 e. The highest BCUT2D eigenvalue weighted by Gasteiger charge is 2.18. The Kier molecular flexibility index (Phi) is 6.20. The normalized spacial score (nSPS) is 11.6. The molecule has 0 saturated carbocycles. The number of nitrogens with two attached hydrogens (primary N) is 1. The highest BCUT2D eigenvalue weighted by molar-refractivity contribution is 7.10. The minimum atomic E-state index is -0.638. The van der Waals surface area contributed by atoms with E-state index < -0.39 is 12.1 Å². The van der Waals surface area contributed by atoms with Crippen molar-refractivity contribution in [2.45, 2.75) is 19.0 Å². The first-order chi connectivity index (χ1) is 11.5. The first-order valence-corrected chi connectivity index (χ1v) is 8.46. The summed E-state index contributed by atoms with van der Waals surface area (Å²) in [5.41, 5.74) is 7.32. The van der Waals surface area contributed by atoms with E-state index in [0.717, 1.165) is 16.1 Å². The lowest BCUT2D eigenvalue weighted by molar-refractivity contribution is -0.121. The highest BCUT2D eigenvalue weighted by Crippen LogP contribution is 2.22. The Bertz CT molecular complexity index is 668. The Labute approximate surface area is 145 Å². The summed E-state index contributed by atoms with van der Waals surface area (Å²) in [5, 5.41) is 7.39. The molecule has 0 bridgehead atoms. The van der Waals surface area contributed by atoms with Crippen LogP contribution < -0.4 is 21.3 Å². The predicted octanol–water partition coefficient (Wildman–Crippen LogP) is 2.23. The first-order valence-electron chi connectivity index (χ1n) is 7.58. The fraction of sp³-hybridized carbons (Fsp3) is 0.294. The van der Waals surface area contributed by atoms with Crippen molar-refractivity contribution in [2.75, 3.05) is 19.0 Å². The van der Waals surface area contributed by atoms with E-state index in [1.807, 2.05) is 60.8 Å². The van der Waals surface area contributed by atoms with Gasteiger partial charge in [0.05, 0.1) is 12.5 Å². The van der Waals surface area contributed by atoms with Gasteiger partial charge in [-0.25, -0.2) is 4.79 Å². The Morgan fingerprint density at radius 1 is 1.21 bits per heavy atom. The summed E-state index contributed by atoms with van der Waals surface area (Å²) in [6.07, 6.45) is 0.152. The number of urea groups is 1. The van der Waals surface area contributed by atoms with E-state index >= 15 is 0 Å². The second kappa shape index (κ2) is 8.35. The zero-order valence-electron chi connectivity index (χ0n) is 13.8. The molecule has 0 aliphatic carbocycles. The number of benzene rings is 1. The molecule has 0 fully saturated rings. The molecule has 0 aliphatic heterocycles. The summed E-state index contributed by atoms with van der Waals surface area (Å²) in [4.78, 5) is 26.2. The number of anilines is 1. The standard InChI is InChI=1S/C17H22N4O2S/c1-21(2)13-7-5-12(6-8-13)11-19-16(22)10-14(20-17(18)23)15-4-3-9-24-15/h3-9,14H,10-11H2,1-2H3,(H,19,22)(H3,18,20,23)/t14-/m1/s1. The number of carbonyl (C=O) groups is 2. The molecule has 2 rings (SSSR count). The summed E-state index contributed by atoms with van der Waals surface area (Å²) in [6.45, 7) is 0.445. The molecule has 0 unspecified atom stereocenters. The third-order valence-corrected chi connectivity index (χ3v) is 4.52. The largest absolute Gasteiger partial charge is 0.378 e. The topological polar surface area (TPSA) is 87.5 Å². The Hall–Kier alpha value is -2.54. The van der Waals surface area contributed by atoms with Crippen molar-refractivity contribution in [2.24, 2.45) is 5.73 Å². The summed E-state index contributed by atoms with van der Waals surface area (Å²) in [6, 6.07) is 10.7. The lowest BCUT2D eigenvalue weighted by Gasteiger charge is -2.16. The van der Waals surface area contributed by atoms with Gasteiger partial charge in [0.15, 0.2) is 0 Å². The van der Waals surface area contributed by atoms with Crippen LogP contribution >= 0.6 is 11.3 Å². The number of nitrogens with one attached hydrogen (secondary N) is 2. The number of primary amides is 1. The number of amides is 3. The zero-order valence-corrected chi connectivity index (χ0v) is 14.6. The van der Waals surface area contributed by atoms with Crippen LogP contribution in [0.25, 0.3) is 0 Å². The number of nitrogens with zero attached hydrogens (tertiary/aromatic N) is 1. The van der Waals surface area contributed by atoms with Crippen LogP contribution in [0.4, 0.5) is 10.5 Å². The molecule has 128 valence electrons. The molecular formula is C17H22N4O2S. The van der Waals surface area contributed by atoms with Crippen LogP contribution in [-0.4, -0.2) is 26.0 Å². The van der Waals surface area contributed by atoms with Crippen molar-refractivity contribution in [1.82, 2.24) is 10.6 Å². The Morgan fingerprint density at radius 3 is 2.46 bits per heavy atom. The average molecular weight is 346 g/mol. The lowest BCUT2D eigenvalue weighted by atomic mass is 10.1. The molecule has 24 heavy (non-hydrogen) atoms. The van der Waals surface area contributed by atoms with Crippen LogP contribution in [0.15, 0.2) is 41.8 Å².